The number of carbonyl (C=O) groups is 1. The molecule has 1 aliphatic rings. The number of hydrogen-bond acceptors (Lipinski definition) is 4. The monoisotopic (exact) mass is 295 g/mol. The third-order valence-electron chi connectivity index (χ3n) is 3.65. The second-order valence-electron chi connectivity index (χ2n) is 5.46. The Morgan fingerprint density at radius 2 is 2.30 bits per heavy atom. The van der Waals surface area contributed by atoms with Gasteiger partial charge in [0.2, 0.25) is 0 Å². The van der Waals surface area contributed by atoms with Crippen LogP contribution in [0.2, 0.25) is 0 Å². The van der Waals surface area contributed by atoms with Crippen molar-refractivity contribution < 1.29 is 9.35 Å². The highest BCUT2D eigenvalue weighted by molar-refractivity contribution is 7.92. The summed E-state index contributed by atoms with van der Waals surface area (Å²) in [6, 6.07) is 3.63. The number of anilines is 1. The smallest absolute Gasteiger partial charge is 0.254 e. The molecule has 5 nitrogen and oxygen atoms in total. The van der Waals surface area contributed by atoms with Crippen LogP contribution in [-0.2, 0) is 11.4 Å². The van der Waals surface area contributed by atoms with E-state index in [0.29, 0.717) is 17.3 Å². The SMILES string of the molecule is C[C@H]1CCN(C(=O)c2ccnc(N[S+](C)[O-])c2)[C@H](C)C1. The molecule has 1 N–H and O–H groups in total. The Kier molecular flexibility index (Phi) is 4.88. The van der Waals surface area contributed by atoms with E-state index in [1.54, 1.807) is 18.3 Å². The molecule has 0 spiro atoms. The molecule has 0 aliphatic carbocycles. The number of carbonyl (C=O) groups excluding carboxylic acids is 1. The summed E-state index contributed by atoms with van der Waals surface area (Å²) in [6.45, 7) is 5.12. The van der Waals surface area contributed by atoms with Gasteiger partial charge in [0.15, 0.2) is 5.82 Å². The summed E-state index contributed by atoms with van der Waals surface area (Å²) in [5.41, 5.74) is 0.592. The van der Waals surface area contributed by atoms with Crippen molar-refractivity contribution in [3.8, 4) is 0 Å². The van der Waals surface area contributed by atoms with Gasteiger partial charge in [0, 0.05) is 24.3 Å². The first-order valence-electron chi connectivity index (χ1n) is 6.84. The third kappa shape index (κ3) is 3.64. The van der Waals surface area contributed by atoms with Crippen molar-refractivity contribution in [2.45, 2.75) is 32.7 Å². The summed E-state index contributed by atoms with van der Waals surface area (Å²) >= 11 is -1.19. The number of rotatable bonds is 3. The molecule has 3 atom stereocenters. The summed E-state index contributed by atoms with van der Waals surface area (Å²) in [6.07, 6.45) is 5.19. The van der Waals surface area contributed by atoms with Crippen molar-refractivity contribution in [1.82, 2.24) is 9.88 Å². The van der Waals surface area contributed by atoms with Crippen LogP contribution in [0.4, 0.5) is 5.82 Å². The Hall–Kier alpha value is -1.27. The van der Waals surface area contributed by atoms with Gasteiger partial charge in [0.05, 0.1) is 11.4 Å². The molecular weight excluding hydrogens is 274 g/mol. The van der Waals surface area contributed by atoms with E-state index in [1.165, 1.54) is 6.26 Å². The summed E-state index contributed by atoms with van der Waals surface area (Å²) in [7, 11) is 0. The molecule has 1 saturated heterocycles. The topological polar surface area (TPSA) is 68.3 Å². The Morgan fingerprint density at radius 3 is 2.95 bits per heavy atom. The molecule has 110 valence electrons. The van der Waals surface area contributed by atoms with Gasteiger partial charge < -0.3 is 9.45 Å². The van der Waals surface area contributed by atoms with Crippen LogP contribution in [0.5, 0.6) is 0 Å². The molecule has 1 unspecified atom stereocenters. The van der Waals surface area contributed by atoms with E-state index < -0.39 is 11.4 Å². The zero-order valence-electron chi connectivity index (χ0n) is 12.1. The molecule has 1 aliphatic heterocycles. The largest absolute Gasteiger partial charge is 0.593 e. The van der Waals surface area contributed by atoms with Crippen LogP contribution in [0.3, 0.4) is 0 Å². The van der Waals surface area contributed by atoms with E-state index in [9.17, 15) is 9.35 Å². The van der Waals surface area contributed by atoms with Crippen molar-refractivity contribution in [2.24, 2.45) is 5.92 Å². The van der Waals surface area contributed by atoms with Gasteiger partial charge in [-0.3, -0.25) is 4.79 Å². The number of pyridine rings is 1. The van der Waals surface area contributed by atoms with E-state index in [0.717, 1.165) is 19.4 Å². The van der Waals surface area contributed by atoms with Crippen molar-refractivity contribution in [3.63, 3.8) is 0 Å². The average Bonchev–Trinajstić information content (AvgIpc) is 2.37. The summed E-state index contributed by atoms with van der Waals surface area (Å²) in [4.78, 5) is 18.5. The van der Waals surface area contributed by atoms with Crippen LogP contribution < -0.4 is 4.72 Å². The average molecular weight is 295 g/mol. The second-order valence-corrected chi connectivity index (χ2v) is 6.58. The molecule has 1 fully saturated rings. The Labute approximate surface area is 123 Å². The van der Waals surface area contributed by atoms with Crippen molar-refractivity contribution in [2.75, 3.05) is 17.5 Å². The van der Waals surface area contributed by atoms with E-state index >= 15 is 0 Å². The lowest BCUT2D eigenvalue weighted by molar-refractivity contribution is 0.0588. The molecule has 6 heteroatoms. The lowest BCUT2D eigenvalue weighted by Crippen LogP contribution is -2.44. The van der Waals surface area contributed by atoms with Crippen LogP contribution in [0.15, 0.2) is 18.3 Å². The highest BCUT2D eigenvalue weighted by Gasteiger charge is 2.27. The van der Waals surface area contributed by atoms with Gasteiger partial charge in [-0.1, -0.05) is 6.92 Å². The minimum atomic E-state index is -1.19. The third-order valence-corrected chi connectivity index (χ3v) is 4.15. The van der Waals surface area contributed by atoms with Crippen LogP contribution in [0.1, 0.15) is 37.0 Å². The Balaban J connectivity index is 2.12. The lowest BCUT2D eigenvalue weighted by Gasteiger charge is -2.36. The van der Waals surface area contributed by atoms with Gasteiger partial charge in [-0.15, -0.1) is 0 Å². The molecule has 1 aromatic heterocycles. The Bertz CT molecular complexity index is 481. The zero-order valence-corrected chi connectivity index (χ0v) is 12.9. The maximum atomic E-state index is 12.5. The zero-order chi connectivity index (χ0) is 14.7. The number of aromatic nitrogens is 1. The molecule has 0 aromatic carbocycles. The molecule has 0 saturated carbocycles. The standard InChI is InChI=1S/C14H21N3O2S/c1-10-5-7-17(11(2)8-10)14(18)12-4-6-15-13(9-12)16-20(3)19/h4,6,9-11H,5,7-8H2,1-3H3,(H,15,16)/t10-,11+,20?/m0/s1. The van der Waals surface area contributed by atoms with Crippen molar-refractivity contribution in [1.29, 1.82) is 0 Å². The van der Waals surface area contributed by atoms with Gasteiger partial charge in [-0.2, -0.15) is 4.72 Å². The second kappa shape index (κ2) is 6.45. The fourth-order valence-corrected chi connectivity index (χ4v) is 3.05. The van der Waals surface area contributed by atoms with Gasteiger partial charge in [-0.05, 0) is 37.8 Å². The minimum Gasteiger partial charge on any atom is -0.593 e. The predicted octanol–water partition coefficient (Wildman–Crippen LogP) is 2.05. The molecular formula is C14H21N3O2S. The predicted molar refractivity (Wildman–Crippen MR) is 80.8 cm³/mol. The van der Waals surface area contributed by atoms with Gasteiger partial charge >= 0.3 is 0 Å². The first-order valence-corrected chi connectivity index (χ1v) is 8.40. The fourth-order valence-electron chi connectivity index (χ4n) is 2.64. The Morgan fingerprint density at radius 1 is 1.55 bits per heavy atom. The number of hydrogen-bond donors (Lipinski definition) is 1. The maximum Gasteiger partial charge on any atom is 0.254 e. The van der Waals surface area contributed by atoms with Crippen LogP contribution in [0, 0.1) is 5.92 Å². The first-order chi connectivity index (χ1) is 9.47. The van der Waals surface area contributed by atoms with E-state index in [4.69, 9.17) is 0 Å². The van der Waals surface area contributed by atoms with Crippen LogP contribution >= 0.6 is 0 Å². The van der Waals surface area contributed by atoms with Gasteiger partial charge in [-0.25, -0.2) is 4.98 Å². The van der Waals surface area contributed by atoms with E-state index in [2.05, 4.69) is 23.6 Å². The highest BCUT2D eigenvalue weighted by Crippen LogP contribution is 2.24. The minimum absolute atomic E-state index is 0.0248. The summed E-state index contributed by atoms with van der Waals surface area (Å²) in [5.74, 6) is 1.16. The number of likely N-dealkylation sites (tertiary alicyclic amines) is 1. The summed E-state index contributed by atoms with van der Waals surface area (Å²) in [5, 5.41) is 0. The molecule has 0 radical (unpaired) electrons. The first kappa shape index (κ1) is 15.1. The van der Waals surface area contributed by atoms with Crippen molar-refractivity contribution in [3.05, 3.63) is 23.9 Å². The maximum absolute atomic E-state index is 12.5. The fraction of sp³-hybridized carbons (Fsp3) is 0.571. The number of nitrogens with zero attached hydrogens (tertiary/aromatic N) is 2. The highest BCUT2D eigenvalue weighted by atomic mass is 32.2. The summed E-state index contributed by atoms with van der Waals surface area (Å²) < 4.78 is 13.9. The van der Waals surface area contributed by atoms with Gasteiger partial charge in [0.25, 0.3) is 5.91 Å². The van der Waals surface area contributed by atoms with Crippen LogP contribution in [0.25, 0.3) is 0 Å². The van der Waals surface area contributed by atoms with E-state index in [1.807, 2.05) is 4.90 Å². The molecule has 2 heterocycles. The quantitative estimate of drug-likeness (QED) is 0.867. The van der Waals surface area contributed by atoms with Crippen molar-refractivity contribution >= 4 is 23.1 Å². The molecule has 0 bridgehead atoms. The molecule has 1 amide bonds. The molecule has 1 aromatic rings. The number of amides is 1. The molecule has 2 rings (SSSR count). The van der Waals surface area contributed by atoms with E-state index in [-0.39, 0.29) is 11.9 Å². The number of piperidine rings is 1. The van der Waals surface area contributed by atoms with Crippen LogP contribution in [-0.4, -0.2) is 39.2 Å². The molecule has 20 heavy (non-hydrogen) atoms. The normalized spacial score (nSPS) is 24.3. The number of nitrogens with one attached hydrogen (secondary N) is 1. The lowest BCUT2D eigenvalue weighted by atomic mass is 9.93. The van der Waals surface area contributed by atoms with Gasteiger partial charge in [0.1, 0.15) is 6.26 Å².